The third kappa shape index (κ3) is 2.54. The zero-order valence-corrected chi connectivity index (χ0v) is 10.9. The van der Waals surface area contributed by atoms with Crippen LogP contribution in [0.1, 0.15) is 17.5 Å². The molecule has 0 amide bonds. The van der Waals surface area contributed by atoms with E-state index in [9.17, 15) is 8.78 Å². The van der Waals surface area contributed by atoms with Crippen molar-refractivity contribution < 1.29 is 8.78 Å². The van der Waals surface area contributed by atoms with Gasteiger partial charge in [-0.3, -0.25) is 0 Å². The molecule has 1 heterocycles. The Bertz CT molecular complexity index is 554. The van der Waals surface area contributed by atoms with Crippen LogP contribution in [0.5, 0.6) is 0 Å². The number of hydrogen-bond acceptors (Lipinski definition) is 4. The van der Waals surface area contributed by atoms with E-state index >= 15 is 0 Å². The van der Waals surface area contributed by atoms with E-state index in [1.54, 1.807) is 6.92 Å². The molecule has 0 aliphatic carbocycles. The first kappa shape index (κ1) is 13.0. The van der Waals surface area contributed by atoms with Crippen LogP contribution in [0.25, 0.3) is 10.6 Å². The normalized spacial score (nSPS) is 10.9. The number of halogens is 2. The summed E-state index contributed by atoms with van der Waals surface area (Å²) in [5.74, 6) is -1.18. The first-order valence-corrected chi connectivity index (χ1v) is 6.43. The number of nitrogens with zero attached hydrogens (tertiary/aromatic N) is 2. The molecule has 2 rings (SSSR count). The molecule has 0 aliphatic heterocycles. The predicted octanol–water partition coefficient (Wildman–Crippen LogP) is 2.90. The summed E-state index contributed by atoms with van der Waals surface area (Å²) in [6.07, 6.45) is 0. The summed E-state index contributed by atoms with van der Waals surface area (Å²) >= 11 is 1.20. The number of benzene rings is 1. The second kappa shape index (κ2) is 5.49. The summed E-state index contributed by atoms with van der Waals surface area (Å²) in [4.78, 5) is 0. The molecule has 1 aromatic heterocycles. The summed E-state index contributed by atoms with van der Waals surface area (Å²) in [6, 6.07) is 2.66. The molecule has 96 valence electrons. The fourth-order valence-electron chi connectivity index (χ4n) is 1.51. The average molecular weight is 269 g/mol. The van der Waals surface area contributed by atoms with Gasteiger partial charge in [0.1, 0.15) is 16.6 Å². The second-order valence-corrected chi connectivity index (χ2v) is 4.90. The molecule has 0 saturated carbocycles. The molecule has 0 fully saturated rings. The molecule has 0 aliphatic rings. The highest BCUT2D eigenvalue weighted by Gasteiger charge is 2.17. The molecule has 0 unspecified atom stereocenters. The minimum atomic E-state index is -0.607. The molecule has 0 bridgehead atoms. The molecule has 18 heavy (non-hydrogen) atoms. The number of aromatic nitrogens is 2. The average Bonchev–Trinajstić information content (AvgIpc) is 2.80. The zero-order chi connectivity index (χ0) is 13.1. The van der Waals surface area contributed by atoms with Gasteiger partial charge in [0.15, 0.2) is 5.01 Å². The standard InChI is InChI=1S/C12H13F2N3S/c1-3-15-6-9-16-17-12(18-9)10-8(13)5-4-7(2)11(10)14/h4-5,15H,3,6H2,1-2H3. The van der Waals surface area contributed by atoms with Crippen molar-refractivity contribution >= 4 is 11.3 Å². The Kier molecular flexibility index (Phi) is 3.98. The fourth-order valence-corrected chi connectivity index (χ4v) is 2.36. The van der Waals surface area contributed by atoms with Gasteiger partial charge in [-0.05, 0) is 25.1 Å². The quantitative estimate of drug-likeness (QED) is 0.927. The molecule has 0 atom stereocenters. The van der Waals surface area contributed by atoms with E-state index in [4.69, 9.17) is 0 Å². The molecule has 6 heteroatoms. The molecule has 0 spiro atoms. The van der Waals surface area contributed by atoms with Crippen LogP contribution in [0.4, 0.5) is 8.78 Å². The maximum absolute atomic E-state index is 13.9. The van der Waals surface area contributed by atoms with E-state index in [1.165, 1.54) is 23.5 Å². The minimum Gasteiger partial charge on any atom is -0.311 e. The highest BCUT2D eigenvalue weighted by Crippen LogP contribution is 2.30. The summed E-state index contributed by atoms with van der Waals surface area (Å²) in [5, 5.41) is 11.8. The largest absolute Gasteiger partial charge is 0.311 e. The Labute approximate surface area is 108 Å². The number of aryl methyl sites for hydroxylation is 1. The van der Waals surface area contributed by atoms with Gasteiger partial charge in [-0.15, -0.1) is 10.2 Å². The van der Waals surface area contributed by atoms with Gasteiger partial charge < -0.3 is 5.32 Å². The number of hydrogen-bond donors (Lipinski definition) is 1. The highest BCUT2D eigenvalue weighted by atomic mass is 32.1. The molecule has 1 aromatic carbocycles. The van der Waals surface area contributed by atoms with E-state index in [0.717, 1.165) is 6.54 Å². The van der Waals surface area contributed by atoms with Crippen LogP contribution in [-0.4, -0.2) is 16.7 Å². The van der Waals surface area contributed by atoms with Crippen molar-refractivity contribution in [3.63, 3.8) is 0 Å². The Hall–Kier alpha value is -1.40. The van der Waals surface area contributed by atoms with Crippen molar-refractivity contribution in [2.45, 2.75) is 20.4 Å². The van der Waals surface area contributed by atoms with Gasteiger partial charge in [-0.2, -0.15) is 0 Å². The first-order valence-electron chi connectivity index (χ1n) is 5.61. The topological polar surface area (TPSA) is 37.8 Å². The third-order valence-corrected chi connectivity index (χ3v) is 3.43. The van der Waals surface area contributed by atoms with E-state index in [2.05, 4.69) is 15.5 Å². The van der Waals surface area contributed by atoms with Gasteiger partial charge in [0.2, 0.25) is 0 Å². The highest BCUT2D eigenvalue weighted by molar-refractivity contribution is 7.14. The van der Waals surface area contributed by atoms with Crippen molar-refractivity contribution in [3.05, 3.63) is 34.3 Å². The van der Waals surface area contributed by atoms with Crippen molar-refractivity contribution in [1.29, 1.82) is 0 Å². The minimum absolute atomic E-state index is 0.0877. The lowest BCUT2D eigenvalue weighted by Crippen LogP contribution is -2.11. The SMILES string of the molecule is CCNCc1nnc(-c2c(F)ccc(C)c2F)s1. The van der Waals surface area contributed by atoms with Crippen molar-refractivity contribution in [3.8, 4) is 10.6 Å². The number of rotatable bonds is 4. The zero-order valence-electron chi connectivity index (χ0n) is 10.1. The fraction of sp³-hybridized carbons (Fsp3) is 0.333. The van der Waals surface area contributed by atoms with Gasteiger partial charge in [-0.25, -0.2) is 8.78 Å². The van der Waals surface area contributed by atoms with Gasteiger partial charge in [0, 0.05) is 6.54 Å². The Morgan fingerprint density at radius 2 is 2.06 bits per heavy atom. The predicted molar refractivity (Wildman–Crippen MR) is 67.4 cm³/mol. The number of nitrogens with one attached hydrogen (secondary N) is 1. The van der Waals surface area contributed by atoms with E-state index < -0.39 is 11.6 Å². The van der Waals surface area contributed by atoms with Gasteiger partial charge in [0.25, 0.3) is 0 Å². The Balaban J connectivity index is 2.37. The summed E-state index contributed by atoms with van der Waals surface area (Å²) < 4.78 is 27.6. The Morgan fingerprint density at radius 1 is 1.28 bits per heavy atom. The summed E-state index contributed by atoms with van der Waals surface area (Å²) in [7, 11) is 0. The van der Waals surface area contributed by atoms with Crippen molar-refractivity contribution in [2.24, 2.45) is 0 Å². The molecular weight excluding hydrogens is 256 g/mol. The maximum atomic E-state index is 13.9. The van der Waals surface area contributed by atoms with Crippen LogP contribution in [0.3, 0.4) is 0 Å². The maximum Gasteiger partial charge on any atom is 0.153 e. The molecule has 0 saturated heterocycles. The summed E-state index contributed by atoms with van der Waals surface area (Å²) in [5.41, 5.74) is 0.310. The molecular formula is C12H13F2N3S. The van der Waals surface area contributed by atoms with E-state index in [-0.39, 0.29) is 10.6 Å². The van der Waals surface area contributed by atoms with E-state index in [1.807, 2.05) is 6.92 Å². The molecule has 0 radical (unpaired) electrons. The van der Waals surface area contributed by atoms with Gasteiger partial charge in [0.05, 0.1) is 5.56 Å². The monoisotopic (exact) mass is 269 g/mol. The van der Waals surface area contributed by atoms with Crippen LogP contribution in [-0.2, 0) is 6.54 Å². The van der Waals surface area contributed by atoms with E-state index in [0.29, 0.717) is 17.1 Å². The van der Waals surface area contributed by atoms with Crippen LogP contribution in [0.15, 0.2) is 12.1 Å². The van der Waals surface area contributed by atoms with Gasteiger partial charge in [-0.1, -0.05) is 24.3 Å². The van der Waals surface area contributed by atoms with Crippen molar-refractivity contribution in [2.75, 3.05) is 6.54 Å². The van der Waals surface area contributed by atoms with Crippen LogP contribution in [0.2, 0.25) is 0 Å². The lowest BCUT2D eigenvalue weighted by molar-refractivity contribution is 0.583. The van der Waals surface area contributed by atoms with Crippen LogP contribution in [0, 0.1) is 18.6 Å². The molecule has 2 aromatic rings. The smallest absolute Gasteiger partial charge is 0.153 e. The van der Waals surface area contributed by atoms with Gasteiger partial charge >= 0.3 is 0 Å². The van der Waals surface area contributed by atoms with Crippen LogP contribution >= 0.6 is 11.3 Å². The Morgan fingerprint density at radius 3 is 2.78 bits per heavy atom. The lowest BCUT2D eigenvalue weighted by atomic mass is 10.1. The lowest BCUT2D eigenvalue weighted by Gasteiger charge is -2.03. The second-order valence-electron chi connectivity index (χ2n) is 3.83. The van der Waals surface area contributed by atoms with Crippen molar-refractivity contribution in [1.82, 2.24) is 15.5 Å². The summed E-state index contributed by atoms with van der Waals surface area (Å²) in [6.45, 7) is 4.94. The third-order valence-electron chi connectivity index (χ3n) is 2.49. The molecule has 3 nitrogen and oxygen atoms in total. The molecule has 1 N–H and O–H groups in total. The van der Waals surface area contributed by atoms with Crippen LogP contribution < -0.4 is 5.32 Å². The first-order chi connectivity index (χ1) is 8.63.